The van der Waals surface area contributed by atoms with Crippen LogP contribution in [0.25, 0.3) is 0 Å². The van der Waals surface area contributed by atoms with Crippen LogP contribution >= 0.6 is 0 Å². The van der Waals surface area contributed by atoms with E-state index in [0.717, 1.165) is 32.1 Å². The van der Waals surface area contributed by atoms with Crippen molar-refractivity contribution in [2.75, 3.05) is 0 Å². The van der Waals surface area contributed by atoms with Crippen LogP contribution in [0.4, 0.5) is 0 Å². The summed E-state index contributed by atoms with van der Waals surface area (Å²) in [5.41, 5.74) is 0.174. The summed E-state index contributed by atoms with van der Waals surface area (Å²) >= 11 is 0. The van der Waals surface area contributed by atoms with Gasteiger partial charge in [0.2, 0.25) is 0 Å². The number of unbranched alkanes of at least 4 members (excludes halogenated alkanes) is 3. The first kappa shape index (κ1) is 16.6. The lowest BCUT2D eigenvalue weighted by Gasteiger charge is -2.04. The average Bonchev–Trinajstić information content (AvgIpc) is 2.25. The Labute approximate surface area is 107 Å². The van der Waals surface area contributed by atoms with Gasteiger partial charge in [0.1, 0.15) is 0 Å². The lowest BCUT2D eigenvalue weighted by molar-refractivity contribution is -0.136. The van der Waals surface area contributed by atoms with Gasteiger partial charge in [0.15, 0.2) is 0 Å². The van der Waals surface area contributed by atoms with Crippen LogP contribution in [0.2, 0.25) is 0 Å². The third-order valence-electron chi connectivity index (χ3n) is 2.62. The van der Waals surface area contributed by atoms with Crippen LogP contribution in [0.15, 0.2) is 11.6 Å². The van der Waals surface area contributed by atoms with E-state index in [2.05, 4.69) is 0 Å². The average molecular weight is 258 g/mol. The molecule has 0 saturated heterocycles. The standard InChI is InChI=1S/C13H22O5/c1-10(14)6-4-2-3-5-7-11(13(17)18)8-9-12(15)16/h8,10,14H,2-7,9H2,1H3,(H,15,16)(H,17,18)/b11-8-. The van der Waals surface area contributed by atoms with Crippen molar-refractivity contribution in [3.05, 3.63) is 11.6 Å². The van der Waals surface area contributed by atoms with E-state index in [9.17, 15) is 9.59 Å². The molecule has 3 N–H and O–H groups in total. The molecule has 0 amide bonds. The van der Waals surface area contributed by atoms with Gasteiger partial charge in [-0.2, -0.15) is 0 Å². The van der Waals surface area contributed by atoms with E-state index in [-0.39, 0.29) is 18.1 Å². The van der Waals surface area contributed by atoms with Crippen molar-refractivity contribution in [1.82, 2.24) is 0 Å². The molecular formula is C13H22O5. The molecular weight excluding hydrogens is 236 g/mol. The number of carboxylic acid groups (broad SMARTS) is 2. The van der Waals surface area contributed by atoms with Crippen LogP contribution in [-0.2, 0) is 9.59 Å². The third-order valence-corrected chi connectivity index (χ3v) is 2.62. The summed E-state index contributed by atoms with van der Waals surface area (Å²) in [4.78, 5) is 21.2. The number of rotatable bonds is 10. The van der Waals surface area contributed by atoms with Crippen molar-refractivity contribution < 1.29 is 24.9 Å². The first-order chi connectivity index (χ1) is 8.43. The minimum absolute atomic E-state index is 0.174. The molecule has 0 rings (SSSR count). The molecule has 1 unspecified atom stereocenters. The maximum Gasteiger partial charge on any atom is 0.331 e. The second-order valence-corrected chi connectivity index (χ2v) is 4.43. The molecule has 0 aliphatic carbocycles. The maximum absolute atomic E-state index is 10.8. The molecule has 0 fully saturated rings. The van der Waals surface area contributed by atoms with Crippen molar-refractivity contribution in [3.63, 3.8) is 0 Å². The Morgan fingerprint density at radius 3 is 2.22 bits per heavy atom. The monoisotopic (exact) mass is 258 g/mol. The fourth-order valence-electron chi connectivity index (χ4n) is 1.62. The van der Waals surface area contributed by atoms with Gasteiger partial charge in [-0.1, -0.05) is 25.3 Å². The number of aliphatic carboxylic acids is 2. The molecule has 18 heavy (non-hydrogen) atoms. The van der Waals surface area contributed by atoms with Crippen LogP contribution in [0, 0.1) is 0 Å². The molecule has 0 aromatic rings. The quantitative estimate of drug-likeness (QED) is 0.412. The van der Waals surface area contributed by atoms with Crippen LogP contribution in [0.1, 0.15) is 51.9 Å². The highest BCUT2D eigenvalue weighted by molar-refractivity contribution is 5.87. The summed E-state index contributed by atoms with van der Waals surface area (Å²) in [6.45, 7) is 1.75. The zero-order chi connectivity index (χ0) is 14.0. The Morgan fingerprint density at radius 1 is 1.11 bits per heavy atom. The predicted octanol–water partition coefficient (Wildman–Crippen LogP) is 2.19. The third kappa shape index (κ3) is 9.84. The van der Waals surface area contributed by atoms with Crippen LogP contribution < -0.4 is 0 Å². The van der Waals surface area contributed by atoms with Gasteiger partial charge in [0.05, 0.1) is 12.5 Å². The van der Waals surface area contributed by atoms with Gasteiger partial charge < -0.3 is 15.3 Å². The molecule has 0 bridgehead atoms. The molecule has 5 nitrogen and oxygen atoms in total. The second-order valence-electron chi connectivity index (χ2n) is 4.43. The molecule has 1 atom stereocenters. The molecule has 0 aromatic heterocycles. The van der Waals surface area contributed by atoms with E-state index >= 15 is 0 Å². The van der Waals surface area contributed by atoms with Crippen LogP contribution in [-0.4, -0.2) is 33.4 Å². The van der Waals surface area contributed by atoms with E-state index in [1.54, 1.807) is 6.92 Å². The SMILES string of the molecule is CC(O)CCCCCC/C(=C/CC(=O)O)C(=O)O. The zero-order valence-corrected chi connectivity index (χ0v) is 10.8. The van der Waals surface area contributed by atoms with Gasteiger partial charge in [-0.3, -0.25) is 4.79 Å². The molecule has 0 aromatic carbocycles. The highest BCUT2D eigenvalue weighted by Crippen LogP contribution is 2.12. The molecule has 0 radical (unpaired) electrons. The highest BCUT2D eigenvalue weighted by atomic mass is 16.4. The molecule has 0 saturated carbocycles. The summed E-state index contributed by atoms with van der Waals surface area (Å²) < 4.78 is 0. The molecule has 5 heteroatoms. The van der Waals surface area contributed by atoms with E-state index in [0.29, 0.717) is 6.42 Å². The van der Waals surface area contributed by atoms with Gasteiger partial charge in [-0.25, -0.2) is 4.79 Å². The Kier molecular flexibility index (Phi) is 8.92. The lowest BCUT2D eigenvalue weighted by Crippen LogP contribution is -2.03. The number of carboxylic acids is 2. The maximum atomic E-state index is 10.8. The number of hydrogen-bond donors (Lipinski definition) is 3. The molecule has 104 valence electrons. The molecule has 0 aliphatic rings. The van der Waals surface area contributed by atoms with Crippen molar-refractivity contribution in [2.24, 2.45) is 0 Å². The van der Waals surface area contributed by atoms with Crippen LogP contribution in [0.5, 0.6) is 0 Å². The summed E-state index contributed by atoms with van der Waals surface area (Å²) in [6, 6.07) is 0. The molecule has 0 heterocycles. The van der Waals surface area contributed by atoms with E-state index in [1.807, 2.05) is 0 Å². The summed E-state index contributed by atoms with van der Waals surface area (Å²) in [6.07, 6.45) is 5.41. The van der Waals surface area contributed by atoms with Gasteiger partial charge >= 0.3 is 11.9 Å². The predicted molar refractivity (Wildman–Crippen MR) is 67.4 cm³/mol. The van der Waals surface area contributed by atoms with Gasteiger partial charge in [-0.15, -0.1) is 0 Å². The highest BCUT2D eigenvalue weighted by Gasteiger charge is 2.07. The summed E-state index contributed by atoms with van der Waals surface area (Å²) in [5, 5.41) is 26.4. The summed E-state index contributed by atoms with van der Waals surface area (Å²) in [7, 11) is 0. The Hall–Kier alpha value is -1.36. The van der Waals surface area contributed by atoms with Gasteiger partial charge in [-0.05, 0) is 26.2 Å². The zero-order valence-electron chi connectivity index (χ0n) is 10.8. The normalized spacial score (nSPS) is 13.3. The number of hydrogen-bond acceptors (Lipinski definition) is 3. The van der Waals surface area contributed by atoms with Crippen LogP contribution in [0.3, 0.4) is 0 Å². The Bertz CT molecular complexity index is 294. The Morgan fingerprint density at radius 2 is 1.72 bits per heavy atom. The van der Waals surface area contributed by atoms with E-state index in [1.165, 1.54) is 6.08 Å². The van der Waals surface area contributed by atoms with E-state index in [4.69, 9.17) is 15.3 Å². The summed E-state index contributed by atoms with van der Waals surface area (Å²) in [5.74, 6) is -2.06. The number of aliphatic hydroxyl groups is 1. The Balaban J connectivity index is 3.81. The number of carbonyl (C=O) groups is 2. The molecule has 0 spiro atoms. The minimum Gasteiger partial charge on any atom is -0.481 e. The topological polar surface area (TPSA) is 94.8 Å². The van der Waals surface area contributed by atoms with Crippen molar-refractivity contribution in [1.29, 1.82) is 0 Å². The number of aliphatic hydroxyl groups excluding tert-OH is 1. The first-order valence-corrected chi connectivity index (χ1v) is 6.25. The van der Waals surface area contributed by atoms with E-state index < -0.39 is 11.9 Å². The minimum atomic E-state index is -1.04. The van der Waals surface area contributed by atoms with Crippen molar-refractivity contribution in [2.45, 2.75) is 58.0 Å². The van der Waals surface area contributed by atoms with Gasteiger partial charge in [0, 0.05) is 5.57 Å². The second kappa shape index (κ2) is 9.65. The fraction of sp³-hybridized carbons (Fsp3) is 0.692. The lowest BCUT2D eigenvalue weighted by atomic mass is 10.0. The fourth-order valence-corrected chi connectivity index (χ4v) is 1.62. The largest absolute Gasteiger partial charge is 0.481 e. The molecule has 0 aliphatic heterocycles. The van der Waals surface area contributed by atoms with Crippen molar-refractivity contribution in [3.8, 4) is 0 Å². The smallest absolute Gasteiger partial charge is 0.331 e. The van der Waals surface area contributed by atoms with Gasteiger partial charge in [0.25, 0.3) is 0 Å². The first-order valence-electron chi connectivity index (χ1n) is 6.25. The van der Waals surface area contributed by atoms with Crippen molar-refractivity contribution >= 4 is 11.9 Å².